The van der Waals surface area contributed by atoms with Crippen molar-refractivity contribution in [2.75, 3.05) is 33.2 Å². The smallest absolute Gasteiger partial charge is 0.127 e. The van der Waals surface area contributed by atoms with E-state index in [1.54, 1.807) is 9.80 Å². The molecular weight excluding hydrogens is 208 g/mol. The topological polar surface area (TPSA) is 8.88 Å². The molecule has 1 aromatic carbocycles. The van der Waals surface area contributed by atoms with Gasteiger partial charge in [0.1, 0.15) is 32.7 Å². The molecule has 1 heterocycles. The Morgan fingerprint density at radius 1 is 1.00 bits per heavy atom. The predicted molar refractivity (Wildman–Crippen MR) is 71.6 cm³/mol. The summed E-state index contributed by atoms with van der Waals surface area (Å²) in [7, 11) is 2.30. The van der Waals surface area contributed by atoms with Gasteiger partial charge in [0.05, 0.1) is 7.05 Å². The third-order valence-corrected chi connectivity index (χ3v) is 3.91. The molecule has 1 aromatic rings. The number of hydrogen-bond donors (Lipinski definition) is 2. The molecule has 0 radical (unpaired) electrons. The van der Waals surface area contributed by atoms with Gasteiger partial charge in [-0.05, 0) is 11.5 Å². The second kappa shape index (κ2) is 5.65. The van der Waals surface area contributed by atoms with Gasteiger partial charge in [0.25, 0.3) is 0 Å². The van der Waals surface area contributed by atoms with Gasteiger partial charge in [-0.3, -0.25) is 0 Å². The third-order valence-electron chi connectivity index (χ3n) is 3.91. The first kappa shape index (κ1) is 12.6. The Hall–Kier alpha value is -0.860. The molecule has 0 aliphatic carbocycles. The van der Waals surface area contributed by atoms with E-state index < -0.39 is 0 Å². The van der Waals surface area contributed by atoms with Gasteiger partial charge in [-0.2, -0.15) is 0 Å². The Morgan fingerprint density at radius 2 is 1.59 bits per heavy atom. The average Bonchev–Trinajstić information content (AvgIpc) is 2.33. The molecule has 2 rings (SSSR count). The maximum absolute atomic E-state index is 2.31. The van der Waals surface area contributed by atoms with Gasteiger partial charge in [0.2, 0.25) is 0 Å². The van der Waals surface area contributed by atoms with E-state index in [0.717, 1.165) is 0 Å². The van der Waals surface area contributed by atoms with Crippen molar-refractivity contribution in [1.29, 1.82) is 0 Å². The molecule has 0 aromatic heterocycles. The van der Waals surface area contributed by atoms with Crippen LogP contribution in [0, 0.1) is 0 Å². The van der Waals surface area contributed by atoms with Crippen molar-refractivity contribution in [3.63, 3.8) is 0 Å². The summed E-state index contributed by atoms with van der Waals surface area (Å²) in [6.07, 6.45) is 0. The standard InChI is InChI=1S/C15H24N2/c1-13(2)15-6-4-14(5-7-15)12-17-10-8-16(3)9-11-17/h4-7,13H,8-12H2,1-3H3/p+2. The fourth-order valence-electron chi connectivity index (χ4n) is 2.52. The molecule has 0 saturated carbocycles. The maximum Gasteiger partial charge on any atom is 0.127 e. The summed E-state index contributed by atoms with van der Waals surface area (Å²) in [4.78, 5) is 3.43. The van der Waals surface area contributed by atoms with Crippen LogP contribution in [-0.4, -0.2) is 33.2 Å². The van der Waals surface area contributed by atoms with Gasteiger partial charge in [-0.15, -0.1) is 0 Å². The fourth-order valence-corrected chi connectivity index (χ4v) is 2.52. The summed E-state index contributed by atoms with van der Waals surface area (Å²) in [6.45, 7) is 11.0. The van der Waals surface area contributed by atoms with Crippen molar-refractivity contribution in [3.8, 4) is 0 Å². The van der Waals surface area contributed by atoms with Gasteiger partial charge in [-0.1, -0.05) is 38.1 Å². The summed E-state index contributed by atoms with van der Waals surface area (Å²) in [5.74, 6) is 0.642. The second-order valence-corrected chi connectivity index (χ2v) is 5.78. The van der Waals surface area contributed by atoms with Crippen LogP contribution in [0.2, 0.25) is 0 Å². The SMILES string of the molecule is CC(C)c1ccc(C[NH+]2CC[NH+](C)CC2)cc1. The summed E-state index contributed by atoms with van der Waals surface area (Å²) in [5, 5.41) is 0. The van der Waals surface area contributed by atoms with Crippen LogP contribution in [0.5, 0.6) is 0 Å². The van der Waals surface area contributed by atoms with Crippen LogP contribution < -0.4 is 9.80 Å². The first-order valence-electron chi connectivity index (χ1n) is 6.89. The van der Waals surface area contributed by atoms with Crippen molar-refractivity contribution >= 4 is 0 Å². The molecule has 0 bridgehead atoms. The number of piperazine rings is 1. The van der Waals surface area contributed by atoms with Crippen LogP contribution in [0.15, 0.2) is 24.3 Å². The fraction of sp³-hybridized carbons (Fsp3) is 0.600. The number of benzene rings is 1. The molecule has 0 unspecified atom stereocenters. The first-order chi connectivity index (χ1) is 8.15. The zero-order valence-corrected chi connectivity index (χ0v) is 11.4. The minimum absolute atomic E-state index is 0.642. The predicted octanol–water partition coefficient (Wildman–Crippen LogP) is -0.277. The molecule has 0 spiro atoms. The van der Waals surface area contributed by atoms with E-state index in [2.05, 4.69) is 45.2 Å². The minimum Gasteiger partial charge on any atom is -0.328 e. The highest BCUT2D eigenvalue weighted by Crippen LogP contribution is 2.14. The Kier molecular flexibility index (Phi) is 4.19. The van der Waals surface area contributed by atoms with Crippen LogP contribution in [0.1, 0.15) is 30.9 Å². The van der Waals surface area contributed by atoms with Gasteiger partial charge in [0.15, 0.2) is 0 Å². The summed E-state index contributed by atoms with van der Waals surface area (Å²) < 4.78 is 0. The van der Waals surface area contributed by atoms with E-state index in [-0.39, 0.29) is 0 Å². The van der Waals surface area contributed by atoms with Crippen LogP contribution in [-0.2, 0) is 6.54 Å². The van der Waals surface area contributed by atoms with Gasteiger partial charge >= 0.3 is 0 Å². The Labute approximate surface area is 105 Å². The maximum atomic E-state index is 2.31. The van der Waals surface area contributed by atoms with Crippen LogP contribution in [0.4, 0.5) is 0 Å². The van der Waals surface area contributed by atoms with Gasteiger partial charge in [0, 0.05) is 5.56 Å². The van der Waals surface area contributed by atoms with E-state index in [1.807, 2.05) is 0 Å². The monoisotopic (exact) mass is 234 g/mol. The Bertz CT molecular complexity index is 334. The molecular formula is C15H26N2+2. The van der Waals surface area contributed by atoms with E-state index in [4.69, 9.17) is 0 Å². The number of likely N-dealkylation sites (N-methyl/N-ethyl adjacent to an activating group) is 1. The lowest BCUT2D eigenvalue weighted by molar-refractivity contribution is -1.01. The molecule has 1 aliphatic rings. The summed E-state index contributed by atoms with van der Waals surface area (Å²) in [5.41, 5.74) is 2.94. The van der Waals surface area contributed by atoms with E-state index in [9.17, 15) is 0 Å². The first-order valence-corrected chi connectivity index (χ1v) is 6.89. The highest BCUT2D eigenvalue weighted by atomic mass is 15.2. The molecule has 0 atom stereocenters. The van der Waals surface area contributed by atoms with Crippen LogP contribution in [0.3, 0.4) is 0 Å². The highest BCUT2D eigenvalue weighted by molar-refractivity contribution is 5.24. The van der Waals surface area contributed by atoms with Crippen molar-refractivity contribution in [1.82, 2.24) is 0 Å². The number of nitrogens with one attached hydrogen (secondary N) is 2. The van der Waals surface area contributed by atoms with Crippen molar-refractivity contribution in [2.24, 2.45) is 0 Å². The largest absolute Gasteiger partial charge is 0.328 e. The Balaban J connectivity index is 1.90. The van der Waals surface area contributed by atoms with Crippen LogP contribution in [0.25, 0.3) is 0 Å². The molecule has 94 valence electrons. The van der Waals surface area contributed by atoms with Gasteiger partial charge < -0.3 is 9.80 Å². The zero-order valence-electron chi connectivity index (χ0n) is 11.4. The van der Waals surface area contributed by atoms with Crippen molar-refractivity contribution in [2.45, 2.75) is 26.3 Å². The normalized spacial score (nSPS) is 25.2. The van der Waals surface area contributed by atoms with E-state index in [0.29, 0.717) is 5.92 Å². The lowest BCUT2D eigenvalue weighted by Crippen LogP contribution is -3.26. The molecule has 2 N–H and O–H groups in total. The molecule has 1 fully saturated rings. The molecule has 1 saturated heterocycles. The molecule has 1 aliphatic heterocycles. The molecule has 17 heavy (non-hydrogen) atoms. The Morgan fingerprint density at radius 3 is 2.12 bits per heavy atom. The lowest BCUT2D eigenvalue weighted by atomic mass is 10.0. The van der Waals surface area contributed by atoms with Crippen molar-refractivity contribution in [3.05, 3.63) is 35.4 Å². The number of rotatable bonds is 3. The number of quaternary nitrogens is 2. The van der Waals surface area contributed by atoms with Crippen LogP contribution >= 0.6 is 0 Å². The molecule has 2 nitrogen and oxygen atoms in total. The lowest BCUT2D eigenvalue weighted by Gasteiger charge is -2.27. The quantitative estimate of drug-likeness (QED) is 0.712. The minimum atomic E-state index is 0.642. The van der Waals surface area contributed by atoms with E-state index >= 15 is 0 Å². The summed E-state index contributed by atoms with van der Waals surface area (Å²) >= 11 is 0. The van der Waals surface area contributed by atoms with Gasteiger partial charge in [-0.25, -0.2) is 0 Å². The summed E-state index contributed by atoms with van der Waals surface area (Å²) in [6, 6.07) is 9.21. The molecule has 0 amide bonds. The molecule has 2 heteroatoms. The third kappa shape index (κ3) is 3.55. The average molecular weight is 234 g/mol. The second-order valence-electron chi connectivity index (χ2n) is 5.78. The highest BCUT2D eigenvalue weighted by Gasteiger charge is 2.19. The van der Waals surface area contributed by atoms with Crippen molar-refractivity contribution < 1.29 is 9.80 Å². The number of hydrogen-bond acceptors (Lipinski definition) is 0. The zero-order chi connectivity index (χ0) is 12.3. The van der Waals surface area contributed by atoms with E-state index in [1.165, 1.54) is 43.9 Å².